The molecule has 224 valence electrons. The Morgan fingerprint density at radius 2 is 0.805 bits per heavy atom. The van der Waals surface area contributed by atoms with Crippen molar-refractivity contribution in [3.63, 3.8) is 0 Å². The molecule has 0 atom stereocenters. The monoisotopic (exact) mass is 737 g/mol. The van der Waals surface area contributed by atoms with E-state index in [1.807, 2.05) is 36.9 Å². The van der Waals surface area contributed by atoms with Gasteiger partial charge in [0.1, 0.15) is 11.6 Å². The fraction of sp³-hybridized carbons (Fsp3) is 0.562. The van der Waals surface area contributed by atoms with E-state index in [0.717, 1.165) is 46.7 Å². The average molecular weight is 738 g/mol. The zero-order valence-corrected chi connectivity index (χ0v) is 29.0. The zero-order chi connectivity index (χ0) is 29.9. The van der Waals surface area contributed by atoms with Crippen molar-refractivity contribution in [2.45, 2.75) is 107 Å². The van der Waals surface area contributed by atoms with Gasteiger partial charge in [-0.25, -0.2) is 19.9 Å². The Bertz CT molecular complexity index is 1250. The summed E-state index contributed by atoms with van der Waals surface area (Å²) < 4.78 is 0. The second-order valence-electron chi connectivity index (χ2n) is 15.0. The van der Waals surface area contributed by atoms with Gasteiger partial charge in [-0.2, -0.15) is 0 Å². The van der Waals surface area contributed by atoms with Crippen LogP contribution in [0.25, 0.3) is 23.0 Å². The molecule has 0 aliphatic carbocycles. The number of hydrogen-bond acceptors (Lipinski definition) is 6. The number of aromatic nitrogens is 8. The molecule has 0 aliphatic rings. The third-order valence-corrected chi connectivity index (χ3v) is 5.95. The van der Waals surface area contributed by atoms with E-state index in [1.54, 1.807) is 0 Å². The summed E-state index contributed by atoms with van der Waals surface area (Å²) in [4.78, 5) is 17.7. The molecule has 4 rings (SSSR count). The van der Waals surface area contributed by atoms with Gasteiger partial charge >= 0.3 is 21.1 Å². The van der Waals surface area contributed by atoms with E-state index >= 15 is 0 Å². The van der Waals surface area contributed by atoms with Crippen molar-refractivity contribution < 1.29 is 21.1 Å². The third-order valence-electron chi connectivity index (χ3n) is 5.95. The molecule has 4 heterocycles. The first kappa shape index (κ1) is 34.5. The van der Waals surface area contributed by atoms with Gasteiger partial charge in [0.15, 0.2) is 0 Å². The van der Waals surface area contributed by atoms with E-state index in [9.17, 15) is 0 Å². The van der Waals surface area contributed by atoms with Gasteiger partial charge < -0.3 is 20.4 Å². The molecule has 0 radical (unpaired) electrons. The van der Waals surface area contributed by atoms with Gasteiger partial charge in [0.25, 0.3) is 0 Å². The molecular weight excluding hydrogens is 691 g/mol. The minimum absolute atomic E-state index is 0. The Labute approximate surface area is 260 Å². The molecule has 41 heavy (non-hydrogen) atoms. The minimum atomic E-state index is -0.00255. The molecule has 9 heteroatoms. The summed E-state index contributed by atoms with van der Waals surface area (Å²) in [5, 5.41) is 16.8. The van der Waals surface area contributed by atoms with Crippen LogP contribution in [0, 0.1) is 10.8 Å². The molecule has 4 aromatic rings. The van der Waals surface area contributed by atoms with Crippen molar-refractivity contribution in [3.05, 3.63) is 59.4 Å². The van der Waals surface area contributed by atoms with Gasteiger partial charge in [-0.3, -0.25) is 0 Å². The summed E-state index contributed by atoms with van der Waals surface area (Å²) in [7, 11) is 0. The summed E-state index contributed by atoms with van der Waals surface area (Å²) >= 11 is 0. The Hall–Kier alpha value is -2.73. The third kappa shape index (κ3) is 10.9. The van der Waals surface area contributed by atoms with E-state index in [4.69, 9.17) is 0 Å². The molecule has 0 fully saturated rings. The Kier molecular flexibility index (Phi) is 11.0. The van der Waals surface area contributed by atoms with E-state index in [-0.39, 0.29) is 42.7 Å². The van der Waals surface area contributed by atoms with Crippen molar-refractivity contribution in [3.8, 4) is 23.0 Å². The van der Waals surface area contributed by atoms with Crippen LogP contribution in [-0.4, -0.2) is 30.1 Å². The standard InChI is InChI=1S/2C16H23N4.Pt/c2*1-15(2,3)8-11-9-17-14(18-10-11)12-7-13(20-19-12)16(4,5)6;/h2*7,9-10H,8H2,1-6H3;/q2*-1;+2. The molecule has 0 amide bonds. The van der Waals surface area contributed by atoms with Crippen molar-refractivity contribution in [1.82, 2.24) is 40.3 Å². The maximum atomic E-state index is 4.41. The SMILES string of the molecule is CC(C)(C)Cc1cnc(-c2cc(C(C)(C)C)n[n-]2)nc1.CC(C)(C)Cc1cnc(-c2cc(C(C)(C)C)n[n-]2)nc1.[Pt+2]. The normalized spacial score (nSPS) is 12.4. The minimum Gasteiger partial charge on any atom is -0.572 e. The molecule has 0 saturated heterocycles. The smallest absolute Gasteiger partial charge is 0.572 e. The first-order valence-electron chi connectivity index (χ1n) is 13.9. The fourth-order valence-corrected chi connectivity index (χ4v) is 3.92. The molecule has 0 N–H and O–H groups in total. The molecule has 8 nitrogen and oxygen atoms in total. The molecule has 0 bridgehead atoms. The fourth-order valence-electron chi connectivity index (χ4n) is 3.92. The van der Waals surface area contributed by atoms with E-state index in [1.165, 1.54) is 0 Å². The Morgan fingerprint density at radius 1 is 0.512 bits per heavy atom. The average Bonchev–Trinajstić information content (AvgIpc) is 3.49. The van der Waals surface area contributed by atoms with E-state index in [2.05, 4.69) is 123 Å². The quantitative estimate of drug-likeness (QED) is 0.226. The van der Waals surface area contributed by atoms with Crippen LogP contribution in [-0.2, 0) is 44.7 Å². The van der Waals surface area contributed by atoms with Crippen molar-refractivity contribution in [2.24, 2.45) is 10.8 Å². The Morgan fingerprint density at radius 3 is 1.02 bits per heavy atom. The van der Waals surface area contributed by atoms with Crippen LogP contribution in [0.2, 0.25) is 0 Å². The molecular formula is C32H46N8Pt. The van der Waals surface area contributed by atoms with Crippen LogP contribution in [0.15, 0.2) is 36.9 Å². The zero-order valence-electron chi connectivity index (χ0n) is 26.8. The van der Waals surface area contributed by atoms with Crippen molar-refractivity contribution in [2.75, 3.05) is 0 Å². The van der Waals surface area contributed by atoms with Crippen LogP contribution in [0.3, 0.4) is 0 Å². The van der Waals surface area contributed by atoms with Crippen LogP contribution >= 0.6 is 0 Å². The summed E-state index contributed by atoms with van der Waals surface area (Å²) in [5.41, 5.74) is 6.21. The summed E-state index contributed by atoms with van der Waals surface area (Å²) in [6.45, 7) is 26.0. The van der Waals surface area contributed by atoms with E-state index in [0.29, 0.717) is 11.6 Å². The van der Waals surface area contributed by atoms with Crippen LogP contribution in [0.1, 0.15) is 106 Å². The van der Waals surface area contributed by atoms with Gasteiger partial charge in [0.2, 0.25) is 0 Å². The van der Waals surface area contributed by atoms with Gasteiger partial charge in [0.05, 0.1) is 0 Å². The van der Waals surface area contributed by atoms with Crippen molar-refractivity contribution in [1.29, 1.82) is 0 Å². The molecule has 0 saturated carbocycles. The second kappa shape index (κ2) is 13.1. The van der Waals surface area contributed by atoms with Gasteiger partial charge in [-0.15, -0.1) is 0 Å². The molecule has 0 spiro atoms. The first-order chi connectivity index (χ1) is 18.3. The van der Waals surface area contributed by atoms with Gasteiger partial charge in [-0.05, 0) is 34.8 Å². The van der Waals surface area contributed by atoms with E-state index < -0.39 is 0 Å². The maximum Gasteiger partial charge on any atom is 2.00 e. The topological polar surface area (TPSA) is 106 Å². The van der Waals surface area contributed by atoms with Crippen LogP contribution in [0.5, 0.6) is 0 Å². The molecule has 0 aliphatic heterocycles. The number of rotatable bonds is 4. The molecule has 0 aromatic carbocycles. The van der Waals surface area contributed by atoms with Gasteiger partial charge in [-0.1, -0.05) is 107 Å². The number of hydrogen-bond donors (Lipinski definition) is 0. The van der Waals surface area contributed by atoms with Gasteiger partial charge in [0, 0.05) is 47.0 Å². The number of nitrogens with zero attached hydrogens (tertiary/aromatic N) is 8. The summed E-state index contributed by atoms with van der Waals surface area (Å²) in [6.07, 6.45) is 9.48. The molecule has 0 unspecified atom stereocenters. The van der Waals surface area contributed by atoms with Crippen molar-refractivity contribution >= 4 is 0 Å². The largest absolute Gasteiger partial charge is 2.00 e. The second-order valence-corrected chi connectivity index (χ2v) is 15.0. The predicted molar refractivity (Wildman–Crippen MR) is 161 cm³/mol. The Balaban J connectivity index is 0.000000280. The summed E-state index contributed by atoms with van der Waals surface area (Å²) in [5.74, 6) is 1.29. The first-order valence-corrected chi connectivity index (χ1v) is 13.9. The van der Waals surface area contributed by atoms with Crippen LogP contribution < -0.4 is 10.2 Å². The summed E-state index contributed by atoms with van der Waals surface area (Å²) in [6, 6.07) is 3.94. The van der Waals surface area contributed by atoms with Crippen LogP contribution in [0.4, 0.5) is 0 Å². The maximum absolute atomic E-state index is 4.41. The molecule has 4 aromatic heterocycles. The predicted octanol–water partition coefficient (Wildman–Crippen LogP) is 6.76.